The molecule has 33 heavy (non-hydrogen) atoms. The Morgan fingerprint density at radius 2 is 1.70 bits per heavy atom. The third-order valence-electron chi connectivity index (χ3n) is 4.73. The summed E-state index contributed by atoms with van der Waals surface area (Å²) in [7, 11) is 0. The van der Waals surface area contributed by atoms with Gasteiger partial charge in [-0.2, -0.15) is 5.10 Å². The second-order valence-corrected chi connectivity index (χ2v) is 7.22. The molecule has 0 unspecified atom stereocenters. The van der Waals surface area contributed by atoms with E-state index in [9.17, 15) is 9.59 Å². The van der Waals surface area contributed by atoms with Gasteiger partial charge in [0.2, 0.25) is 0 Å². The molecule has 3 aromatic rings. The molecule has 1 amide bonds. The van der Waals surface area contributed by atoms with Crippen LogP contribution in [0.4, 0.5) is 0 Å². The second-order valence-electron chi connectivity index (χ2n) is 7.22. The van der Waals surface area contributed by atoms with Crippen molar-refractivity contribution in [3.63, 3.8) is 0 Å². The zero-order valence-electron chi connectivity index (χ0n) is 18.8. The molecule has 0 aliphatic carbocycles. The molecule has 0 radical (unpaired) electrons. The van der Waals surface area contributed by atoms with Crippen LogP contribution in [0.3, 0.4) is 0 Å². The summed E-state index contributed by atoms with van der Waals surface area (Å²) < 4.78 is 16.6. The normalized spacial score (nSPS) is 10.6. The van der Waals surface area contributed by atoms with Gasteiger partial charge in [-0.3, -0.25) is 4.79 Å². The van der Waals surface area contributed by atoms with Gasteiger partial charge in [0.1, 0.15) is 5.75 Å². The fraction of sp³-hybridized carbons (Fsp3) is 0.192. The SMILES string of the molecule is CCOc1cc(/C=N/NC(=O)COc2ccc(C)c(C)c2)ccc1OC(=O)c1ccccc1. The van der Waals surface area contributed by atoms with Gasteiger partial charge in [-0.05, 0) is 79.9 Å². The van der Waals surface area contributed by atoms with Crippen LogP contribution >= 0.6 is 0 Å². The molecule has 0 fully saturated rings. The number of carbonyl (C=O) groups excluding carboxylic acids is 2. The number of hydrogen-bond acceptors (Lipinski definition) is 6. The van der Waals surface area contributed by atoms with Crippen molar-refractivity contribution in [2.45, 2.75) is 20.8 Å². The molecule has 170 valence electrons. The Labute approximate surface area is 193 Å². The molecule has 0 saturated heterocycles. The number of carbonyl (C=O) groups is 2. The molecule has 0 aliphatic rings. The average molecular weight is 447 g/mol. The second kappa shape index (κ2) is 11.5. The lowest BCUT2D eigenvalue weighted by Gasteiger charge is -2.11. The monoisotopic (exact) mass is 446 g/mol. The van der Waals surface area contributed by atoms with E-state index in [1.54, 1.807) is 42.5 Å². The van der Waals surface area contributed by atoms with Crippen LogP contribution in [0.2, 0.25) is 0 Å². The number of benzene rings is 3. The Balaban J connectivity index is 1.58. The number of esters is 1. The van der Waals surface area contributed by atoms with Gasteiger partial charge in [-0.25, -0.2) is 10.2 Å². The molecular formula is C26H26N2O5. The summed E-state index contributed by atoms with van der Waals surface area (Å²) in [6, 6.07) is 19.4. The Kier molecular flexibility index (Phi) is 8.18. The van der Waals surface area contributed by atoms with Crippen LogP contribution in [0.1, 0.15) is 34.0 Å². The van der Waals surface area contributed by atoms with E-state index in [0.717, 1.165) is 11.1 Å². The van der Waals surface area contributed by atoms with Gasteiger partial charge in [0, 0.05) is 0 Å². The van der Waals surface area contributed by atoms with Crippen LogP contribution in [0.15, 0.2) is 71.8 Å². The first-order valence-corrected chi connectivity index (χ1v) is 10.5. The van der Waals surface area contributed by atoms with E-state index in [0.29, 0.717) is 35.0 Å². The van der Waals surface area contributed by atoms with Crippen LogP contribution in [0.25, 0.3) is 0 Å². The minimum absolute atomic E-state index is 0.154. The van der Waals surface area contributed by atoms with E-state index in [2.05, 4.69) is 10.5 Å². The lowest BCUT2D eigenvalue weighted by Crippen LogP contribution is -2.24. The Morgan fingerprint density at radius 1 is 0.909 bits per heavy atom. The summed E-state index contributed by atoms with van der Waals surface area (Å²) in [5, 5.41) is 3.96. The van der Waals surface area contributed by atoms with Crippen molar-refractivity contribution in [3.05, 3.63) is 89.0 Å². The average Bonchev–Trinajstić information content (AvgIpc) is 2.82. The minimum Gasteiger partial charge on any atom is -0.490 e. The number of hydrogen-bond donors (Lipinski definition) is 1. The molecule has 0 saturated carbocycles. The number of nitrogens with one attached hydrogen (secondary N) is 1. The molecule has 1 N–H and O–H groups in total. The van der Waals surface area contributed by atoms with Gasteiger partial charge in [0.25, 0.3) is 5.91 Å². The highest BCUT2D eigenvalue weighted by molar-refractivity contribution is 5.91. The first kappa shape index (κ1) is 23.5. The van der Waals surface area contributed by atoms with E-state index < -0.39 is 5.97 Å². The molecule has 0 aromatic heterocycles. The fourth-order valence-electron chi connectivity index (χ4n) is 2.85. The predicted octanol–water partition coefficient (Wildman–Crippen LogP) is 4.45. The summed E-state index contributed by atoms with van der Waals surface area (Å²) in [6.45, 7) is 6.06. The van der Waals surface area contributed by atoms with Crippen molar-refractivity contribution in [2.24, 2.45) is 5.10 Å². The largest absolute Gasteiger partial charge is 0.490 e. The van der Waals surface area contributed by atoms with E-state index >= 15 is 0 Å². The van der Waals surface area contributed by atoms with Crippen molar-refractivity contribution in [3.8, 4) is 17.2 Å². The lowest BCUT2D eigenvalue weighted by atomic mass is 10.1. The predicted molar refractivity (Wildman–Crippen MR) is 126 cm³/mol. The van der Waals surface area contributed by atoms with Crippen LogP contribution < -0.4 is 19.6 Å². The molecule has 0 aliphatic heterocycles. The molecule has 0 spiro atoms. The summed E-state index contributed by atoms with van der Waals surface area (Å²) in [6.07, 6.45) is 1.47. The fourth-order valence-corrected chi connectivity index (χ4v) is 2.85. The highest BCUT2D eigenvalue weighted by Crippen LogP contribution is 2.29. The van der Waals surface area contributed by atoms with Crippen LogP contribution in [-0.4, -0.2) is 31.3 Å². The third-order valence-corrected chi connectivity index (χ3v) is 4.73. The number of amides is 1. The van der Waals surface area contributed by atoms with Gasteiger partial charge in [-0.15, -0.1) is 0 Å². The molecule has 7 heteroatoms. The smallest absolute Gasteiger partial charge is 0.343 e. The Hall–Kier alpha value is -4.13. The van der Waals surface area contributed by atoms with Gasteiger partial charge in [-0.1, -0.05) is 24.3 Å². The maximum Gasteiger partial charge on any atom is 0.343 e. The summed E-state index contributed by atoms with van der Waals surface area (Å²) in [5.41, 5.74) is 5.78. The maximum absolute atomic E-state index is 12.3. The summed E-state index contributed by atoms with van der Waals surface area (Å²) >= 11 is 0. The molecule has 3 rings (SSSR count). The highest BCUT2D eigenvalue weighted by Gasteiger charge is 2.13. The molecule has 0 atom stereocenters. The quantitative estimate of drug-likeness (QED) is 0.227. The standard InChI is InChI=1S/C26H26N2O5/c1-4-31-24-15-20(11-13-23(24)33-26(30)21-8-6-5-7-9-21)16-27-28-25(29)17-32-22-12-10-18(2)19(3)14-22/h5-16H,4,17H2,1-3H3,(H,28,29)/b27-16+. The molecule has 0 heterocycles. The van der Waals surface area contributed by atoms with Crippen molar-refractivity contribution in [1.29, 1.82) is 0 Å². The highest BCUT2D eigenvalue weighted by atomic mass is 16.6. The minimum atomic E-state index is -0.478. The van der Waals surface area contributed by atoms with Crippen molar-refractivity contribution >= 4 is 18.1 Å². The van der Waals surface area contributed by atoms with Gasteiger partial charge in [0.15, 0.2) is 18.1 Å². The lowest BCUT2D eigenvalue weighted by molar-refractivity contribution is -0.123. The maximum atomic E-state index is 12.3. The van der Waals surface area contributed by atoms with Crippen molar-refractivity contribution in [1.82, 2.24) is 5.43 Å². The van der Waals surface area contributed by atoms with Crippen molar-refractivity contribution < 1.29 is 23.8 Å². The summed E-state index contributed by atoms with van der Waals surface area (Å²) in [4.78, 5) is 24.3. The van der Waals surface area contributed by atoms with E-state index in [4.69, 9.17) is 14.2 Å². The summed E-state index contributed by atoms with van der Waals surface area (Å²) in [5.74, 6) is 0.458. The first-order valence-electron chi connectivity index (χ1n) is 10.5. The zero-order valence-corrected chi connectivity index (χ0v) is 18.8. The molecule has 0 bridgehead atoms. The molecular weight excluding hydrogens is 420 g/mol. The van der Waals surface area contributed by atoms with E-state index in [1.807, 2.05) is 45.0 Å². The zero-order chi connectivity index (χ0) is 23.6. The van der Waals surface area contributed by atoms with Gasteiger partial charge in [0.05, 0.1) is 18.4 Å². The third kappa shape index (κ3) is 6.93. The number of nitrogens with zero attached hydrogens (tertiary/aromatic N) is 1. The number of hydrazone groups is 1. The number of ether oxygens (including phenoxy) is 3. The van der Waals surface area contributed by atoms with E-state index in [-0.39, 0.29) is 12.5 Å². The van der Waals surface area contributed by atoms with Gasteiger partial charge >= 0.3 is 5.97 Å². The number of aryl methyl sites for hydroxylation is 2. The van der Waals surface area contributed by atoms with Gasteiger partial charge < -0.3 is 14.2 Å². The van der Waals surface area contributed by atoms with Crippen LogP contribution in [0.5, 0.6) is 17.2 Å². The van der Waals surface area contributed by atoms with Crippen molar-refractivity contribution in [2.75, 3.05) is 13.2 Å². The number of rotatable bonds is 9. The van der Waals surface area contributed by atoms with E-state index in [1.165, 1.54) is 6.21 Å². The van der Waals surface area contributed by atoms with Crippen LogP contribution in [-0.2, 0) is 4.79 Å². The van der Waals surface area contributed by atoms with Crippen LogP contribution in [0, 0.1) is 13.8 Å². The molecule has 7 nitrogen and oxygen atoms in total. The Bertz CT molecular complexity index is 1140. The first-order chi connectivity index (χ1) is 16.0. The topological polar surface area (TPSA) is 86.2 Å². The molecule has 3 aromatic carbocycles. The Morgan fingerprint density at radius 3 is 2.42 bits per heavy atom.